The fourth-order valence-electron chi connectivity index (χ4n) is 2.13. The van der Waals surface area contributed by atoms with Crippen molar-refractivity contribution in [3.8, 4) is 0 Å². The van der Waals surface area contributed by atoms with Crippen molar-refractivity contribution in [3.63, 3.8) is 0 Å². The number of amides is 1. The van der Waals surface area contributed by atoms with Gasteiger partial charge < -0.3 is 10.6 Å². The molecule has 0 bridgehead atoms. The van der Waals surface area contributed by atoms with Crippen molar-refractivity contribution in [1.29, 1.82) is 0 Å². The summed E-state index contributed by atoms with van der Waals surface area (Å²) in [6.45, 7) is 1.90. The predicted octanol–water partition coefficient (Wildman–Crippen LogP) is 0.821. The van der Waals surface area contributed by atoms with Gasteiger partial charge in [-0.1, -0.05) is 12.2 Å². The quantitative estimate of drug-likeness (QED) is 0.653. The second-order valence-electron chi connectivity index (χ2n) is 4.18. The molecule has 0 radical (unpaired) electrons. The minimum absolute atomic E-state index is 0.205. The lowest BCUT2D eigenvalue weighted by Gasteiger charge is -2.14. The van der Waals surface area contributed by atoms with Crippen molar-refractivity contribution in [3.05, 3.63) is 12.2 Å². The first-order chi connectivity index (χ1) is 6.86. The molecule has 0 aromatic carbocycles. The molecule has 1 aliphatic carbocycles. The molecule has 2 aliphatic rings. The summed E-state index contributed by atoms with van der Waals surface area (Å²) < 4.78 is 0. The Bertz CT molecular complexity index is 223. The van der Waals surface area contributed by atoms with E-state index in [4.69, 9.17) is 0 Å². The van der Waals surface area contributed by atoms with Crippen LogP contribution in [0.2, 0.25) is 0 Å². The number of carbonyl (C=O) groups is 1. The Balaban J connectivity index is 1.66. The van der Waals surface area contributed by atoms with Crippen LogP contribution in [0, 0.1) is 5.92 Å². The second kappa shape index (κ2) is 4.60. The van der Waals surface area contributed by atoms with E-state index in [1.165, 1.54) is 12.8 Å². The van der Waals surface area contributed by atoms with Gasteiger partial charge in [0.15, 0.2) is 0 Å². The molecular formula is C11H18N2O. The molecule has 78 valence electrons. The van der Waals surface area contributed by atoms with E-state index in [1.807, 2.05) is 0 Å². The molecule has 0 aromatic heterocycles. The monoisotopic (exact) mass is 194 g/mol. The zero-order valence-corrected chi connectivity index (χ0v) is 8.46. The predicted molar refractivity (Wildman–Crippen MR) is 55.9 cm³/mol. The zero-order valence-electron chi connectivity index (χ0n) is 8.46. The first-order valence-corrected chi connectivity index (χ1v) is 5.52. The van der Waals surface area contributed by atoms with Gasteiger partial charge in [-0.05, 0) is 32.2 Å². The molecule has 14 heavy (non-hydrogen) atoms. The lowest BCUT2D eigenvalue weighted by atomic mass is 10.1. The summed E-state index contributed by atoms with van der Waals surface area (Å²) in [4.78, 5) is 11.6. The highest BCUT2D eigenvalue weighted by molar-refractivity contribution is 5.79. The normalized spacial score (nSPS) is 27.0. The summed E-state index contributed by atoms with van der Waals surface area (Å²) in [6.07, 6.45) is 8.47. The fourth-order valence-corrected chi connectivity index (χ4v) is 2.13. The lowest BCUT2D eigenvalue weighted by Crippen LogP contribution is -2.39. The first kappa shape index (κ1) is 9.71. The molecule has 1 amide bonds. The molecule has 2 rings (SSSR count). The number of rotatable bonds is 3. The van der Waals surface area contributed by atoms with Gasteiger partial charge in [-0.2, -0.15) is 0 Å². The summed E-state index contributed by atoms with van der Waals surface area (Å²) in [7, 11) is 0. The Morgan fingerprint density at radius 2 is 2.21 bits per heavy atom. The van der Waals surface area contributed by atoms with Crippen LogP contribution in [0.1, 0.15) is 25.7 Å². The van der Waals surface area contributed by atoms with Crippen LogP contribution in [0.25, 0.3) is 0 Å². The van der Waals surface area contributed by atoms with Gasteiger partial charge in [-0.25, -0.2) is 0 Å². The zero-order chi connectivity index (χ0) is 9.80. The van der Waals surface area contributed by atoms with E-state index in [-0.39, 0.29) is 11.8 Å². The van der Waals surface area contributed by atoms with Gasteiger partial charge in [0.1, 0.15) is 0 Å². The minimum atomic E-state index is 0.205. The number of hydrogen-bond donors (Lipinski definition) is 2. The largest absolute Gasteiger partial charge is 0.354 e. The lowest BCUT2D eigenvalue weighted by molar-refractivity contribution is -0.124. The van der Waals surface area contributed by atoms with Crippen LogP contribution in [-0.2, 0) is 4.79 Å². The van der Waals surface area contributed by atoms with Gasteiger partial charge in [-0.3, -0.25) is 4.79 Å². The third kappa shape index (κ3) is 2.35. The van der Waals surface area contributed by atoms with Gasteiger partial charge in [-0.15, -0.1) is 0 Å². The van der Waals surface area contributed by atoms with Gasteiger partial charge >= 0.3 is 0 Å². The smallest absolute Gasteiger partial charge is 0.223 e. The molecule has 1 aliphatic heterocycles. The van der Waals surface area contributed by atoms with Crippen molar-refractivity contribution >= 4 is 5.91 Å². The number of nitrogens with one attached hydrogen (secondary N) is 2. The van der Waals surface area contributed by atoms with E-state index in [2.05, 4.69) is 22.8 Å². The van der Waals surface area contributed by atoms with Crippen LogP contribution in [0.3, 0.4) is 0 Å². The summed E-state index contributed by atoms with van der Waals surface area (Å²) in [6, 6.07) is 0.508. The standard InChI is InChI=1S/C11H18N2O/c14-11(9-4-1-2-5-9)13-8-10-6-3-7-12-10/h1-2,9-10,12H,3-8H2,(H,13,14). The van der Waals surface area contributed by atoms with Crippen LogP contribution in [0.4, 0.5) is 0 Å². The van der Waals surface area contributed by atoms with Crippen LogP contribution in [-0.4, -0.2) is 25.0 Å². The van der Waals surface area contributed by atoms with Gasteiger partial charge in [0.05, 0.1) is 0 Å². The Hall–Kier alpha value is -0.830. The molecule has 0 saturated carbocycles. The molecule has 1 fully saturated rings. The van der Waals surface area contributed by atoms with Gasteiger partial charge in [0, 0.05) is 18.5 Å². The van der Waals surface area contributed by atoms with Crippen molar-refractivity contribution in [2.45, 2.75) is 31.7 Å². The van der Waals surface area contributed by atoms with Gasteiger partial charge in [0.25, 0.3) is 0 Å². The molecule has 1 heterocycles. The van der Waals surface area contributed by atoms with Crippen molar-refractivity contribution in [1.82, 2.24) is 10.6 Å². The molecule has 0 aromatic rings. The Labute approximate surface area is 84.9 Å². The van der Waals surface area contributed by atoms with Crippen LogP contribution < -0.4 is 10.6 Å². The van der Waals surface area contributed by atoms with Crippen LogP contribution in [0.15, 0.2) is 12.2 Å². The van der Waals surface area contributed by atoms with E-state index in [1.54, 1.807) is 0 Å². The van der Waals surface area contributed by atoms with E-state index < -0.39 is 0 Å². The molecule has 1 unspecified atom stereocenters. The maximum Gasteiger partial charge on any atom is 0.223 e. The summed E-state index contributed by atoms with van der Waals surface area (Å²) in [5.74, 6) is 0.431. The topological polar surface area (TPSA) is 41.1 Å². The average Bonchev–Trinajstić information content (AvgIpc) is 2.87. The average molecular weight is 194 g/mol. The third-order valence-electron chi connectivity index (χ3n) is 3.06. The summed E-state index contributed by atoms with van der Waals surface area (Å²) in [5, 5.41) is 6.40. The highest BCUT2D eigenvalue weighted by atomic mass is 16.1. The first-order valence-electron chi connectivity index (χ1n) is 5.52. The number of hydrogen-bond acceptors (Lipinski definition) is 2. The molecule has 1 saturated heterocycles. The summed E-state index contributed by atoms with van der Waals surface area (Å²) in [5.41, 5.74) is 0. The van der Waals surface area contributed by atoms with E-state index in [0.717, 1.165) is 25.9 Å². The fraction of sp³-hybridized carbons (Fsp3) is 0.727. The van der Waals surface area contributed by atoms with Crippen LogP contribution >= 0.6 is 0 Å². The molecule has 1 atom stereocenters. The Morgan fingerprint density at radius 1 is 1.43 bits per heavy atom. The third-order valence-corrected chi connectivity index (χ3v) is 3.06. The highest BCUT2D eigenvalue weighted by Gasteiger charge is 2.20. The minimum Gasteiger partial charge on any atom is -0.354 e. The second-order valence-corrected chi connectivity index (χ2v) is 4.18. The maximum absolute atomic E-state index is 11.6. The van der Waals surface area contributed by atoms with Crippen molar-refractivity contribution in [2.24, 2.45) is 5.92 Å². The van der Waals surface area contributed by atoms with E-state index in [0.29, 0.717) is 6.04 Å². The maximum atomic E-state index is 11.6. The van der Waals surface area contributed by atoms with Gasteiger partial charge in [0.2, 0.25) is 5.91 Å². The van der Waals surface area contributed by atoms with Crippen molar-refractivity contribution < 1.29 is 4.79 Å². The molecule has 2 N–H and O–H groups in total. The SMILES string of the molecule is O=C(NCC1CCCN1)C1CC=CC1. The van der Waals surface area contributed by atoms with Crippen molar-refractivity contribution in [2.75, 3.05) is 13.1 Å². The number of carbonyl (C=O) groups excluding carboxylic acids is 1. The van der Waals surface area contributed by atoms with Crippen LogP contribution in [0.5, 0.6) is 0 Å². The molecule has 0 spiro atoms. The molecule has 3 heteroatoms. The van der Waals surface area contributed by atoms with E-state index >= 15 is 0 Å². The number of allylic oxidation sites excluding steroid dienone is 2. The highest BCUT2D eigenvalue weighted by Crippen LogP contribution is 2.17. The Kier molecular flexibility index (Phi) is 3.19. The van der Waals surface area contributed by atoms with E-state index in [9.17, 15) is 4.79 Å². The summed E-state index contributed by atoms with van der Waals surface area (Å²) >= 11 is 0. The molecular weight excluding hydrogens is 176 g/mol. The molecule has 3 nitrogen and oxygen atoms in total. The Morgan fingerprint density at radius 3 is 2.86 bits per heavy atom.